The van der Waals surface area contributed by atoms with E-state index in [0.717, 1.165) is 12.1 Å². The van der Waals surface area contributed by atoms with E-state index in [0.29, 0.717) is 6.42 Å². The van der Waals surface area contributed by atoms with Crippen molar-refractivity contribution in [2.45, 2.75) is 24.3 Å². The minimum atomic E-state index is -4.04. The molecule has 1 aromatic carbocycles. The summed E-state index contributed by atoms with van der Waals surface area (Å²) in [6, 6.07) is 2.95. The molecule has 8 nitrogen and oxygen atoms in total. The minimum absolute atomic E-state index is 0.135. The van der Waals surface area contributed by atoms with Crippen LogP contribution in [0.5, 0.6) is 0 Å². The van der Waals surface area contributed by atoms with Gasteiger partial charge in [0, 0.05) is 24.9 Å². The van der Waals surface area contributed by atoms with Gasteiger partial charge in [-0.05, 0) is 18.6 Å². The number of methoxy groups -OCH3 is 1. The summed E-state index contributed by atoms with van der Waals surface area (Å²) in [7, 11) is -2.60. The molecule has 9 heteroatoms. The lowest BCUT2D eigenvalue weighted by molar-refractivity contribution is -0.387. The lowest BCUT2D eigenvalue weighted by Gasteiger charge is -2.16. The molecule has 0 spiro atoms. The van der Waals surface area contributed by atoms with Crippen molar-refractivity contribution in [1.29, 1.82) is 0 Å². The fraction of sp³-hybridized carbons (Fsp3) is 0.455. The van der Waals surface area contributed by atoms with Gasteiger partial charge in [0.2, 0.25) is 10.0 Å². The van der Waals surface area contributed by atoms with Gasteiger partial charge in [-0.25, -0.2) is 13.1 Å². The number of nitro groups is 1. The van der Waals surface area contributed by atoms with Gasteiger partial charge in [-0.3, -0.25) is 10.1 Å². The first kappa shape index (κ1) is 16.3. The van der Waals surface area contributed by atoms with Crippen LogP contribution in [0.2, 0.25) is 0 Å². The SMILES string of the molecule is CCC(COC)NS(=O)(=O)c1cc(N)ccc1[N+](=O)[O-]. The highest BCUT2D eigenvalue weighted by Gasteiger charge is 2.27. The van der Waals surface area contributed by atoms with Gasteiger partial charge in [-0.15, -0.1) is 0 Å². The molecule has 3 N–H and O–H groups in total. The fourth-order valence-corrected chi connectivity index (χ4v) is 3.13. The van der Waals surface area contributed by atoms with Gasteiger partial charge in [0.05, 0.1) is 11.5 Å². The van der Waals surface area contributed by atoms with Crippen LogP contribution in [0, 0.1) is 10.1 Å². The first-order valence-electron chi connectivity index (χ1n) is 5.87. The number of ether oxygens (including phenoxy) is 1. The summed E-state index contributed by atoms with van der Waals surface area (Å²) >= 11 is 0. The minimum Gasteiger partial charge on any atom is -0.399 e. The van der Waals surface area contributed by atoms with Crippen molar-refractivity contribution in [3.05, 3.63) is 28.3 Å². The predicted molar refractivity (Wildman–Crippen MR) is 73.8 cm³/mol. The highest BCUT2D eigenvalue weighted by atomic mass is 32.2. The van der Waals surface area contributed by atoms with Crippen LogP contribution in [0.3, 0.4) is 0 Å². The summed E-state index contributed by atoms with van der Waals surface area (Å²) in [6.07, 6.45) is 0.489. The molecule has 0 fully saturated rings. The highest BCUT2D eigenvalue weighted by molar-refractivity contribution is 7.89. The molecule has 0 heterocycles. The molecular formula is C11H17N3O5S. The third kappa shape index (κ3) is 3.89. The van der Waals surface area contributed by atoms with Gasteiger partial charge >= 0.3 is 0 Å². The van der Waals surface area contributed by atoms with E-state index in [1.807, 2.05) is 0 Å². The highest BCUT2D eigenvalue weighted by Crippen LogP contribution is 2.26. The first-order valence-corrected chi connectivity index (χ1v) is 7.35. The zero-order valence-electron chi connectivity index (χ0n) is 11.2. The largest absolute Gasteiger partial charge is 0.399 e. The first-order chi connectivity index (χ1) is 9.31. The second kappa shape index (κ2) is 6.64. The molecular weight excluding hydrogens is 286 g/mol. The fourth-order valence-electron chi connectivity index (χ4n) is 1.62. The van der Waals surface area contributed by atoms with E-state index in [4.69, 9.17) is 10.5 Å². The van der Waals surface area contributed by atoms with Crippen LogP contribution in [0.1, 0.15) is 13.3 Å². The quantitative estimate of drug-likeness (QED) is 0.437. The maximum absolute atomic E-state index is 12.2. The molecule has 1 aromatic rings. The van der Waals surface area contributed by atoms with Crippen molar-refractivity contribution in [3.63, 3.8) is 0 Å². The van der Waals surface area contributed by atoms with Crippen molar-refractivity contribution < 1.29 is 18.1 Å². The number of nitro benzene ring substituents is 1. The molecule has 0 aliphatic rings. The van der Waals surface area contributed by atoms with Crippen molar-refractivity contribution in [1.82, 2.24) is 4.72 Å². The van der Waals surface area contributed by atoms with Crippen molar-refractivity contribution in [3.8, 4) is 0 Å². The third-order valence-corrected chi connectivity index (χ3v) is 4.20. The number of sulfonamides is 1. The van der Waals surface area contributed by atoms with E-state index in [1.54, 1.807) is 6.92 Å². The molecule has 20 heavy (non-hydrogen) atoms. The Hall–Kier alpha value is -1.71. The monoisotopic (exact) mass is 303 g/mol. The topological polar surface area (TPSA) is 125 Å². The Morgan fingerprint density at radius 1 is 1.50 bits per heavy atom. The van der Waals surface area contributed by atoms with Gasteiger partial charge in [0.25, 0.3) is 5.69 Å². The number of hydrogen-bond acceptors (Lipinski definition) is 6. The molecule has 0 aliphatic heterocycles. The predicted octanol–water partition coefficient (Wildman–Crippen LogP) is 0.880. The molecule has 1 atom stereocenters. The average Bonchev–Trinajstić information content (AvgIpc) is 2.37. The Bertz CT molecular complexity index is 588. The van der Waals surface area contributed by atoms with Crippen LogP contribution in [0.4, 0.5) is 11.4 Å². The van der Waals surface area contributed by atoms with E-state index in [9.17, 15) is 18.5 Å². The van der Waals surface area contributed by atoms with Crippen LogP contribution < -0.4 is 10.5 Å². The number of nitrogens with zero attached hydrogens (tertiary/aromatic N) is 1. The van der Waals surface area contributed by atoms with E-state index in [2.05, 4.69) is 4.72 Å². The van der Waals surface area contributed by atoms with E-state index in [1.165, 1.54) is 13.2 Å². The van der Waals surface area contributed by atoms with Gasteiger partial charge in [-0.1, -0.05) is 6.92 Å². The lowest BCUT2D eigenvalue weighted by Crippen LogP contribution is -2.37. The number of nitrogen functional groups attached to an aromatic ring is 1. The Morgan fingerprint density at radius 3 is 2.65 bits per heavy atom. The summed E-state index contributed by atoms with van der Waals surface area (Å²) in [5.74, 6) is 0. The summed E-state index contributed by atoms with van der Waals surface area (Å²) in [4.78, 5) is 9.70. The Kier molecular flexibility index (Phi) is 5.43. The van der Waals surface area contributed by atoms with Gasteiger partial charge < -0.3 is 10.5 Å². The second-order valence-corrected chi connectivity index (χ2v) is 5.85. The van der Waals surface area contributed by atoms with Crippen LogP contribution in [-0.4, -0.2) is 33.1 Å². The number of anilines is 1. The average molecular weight is 303 g/mol. The smallest absolute Gasteiger partial charge is 0.289 e. The van der Waals surface area contributed by atoms with Crippen LogP contribution in [0.25, 0.3) is 0 Å². The lowest BCUT2D eigenvalue weighted by atomic mass is 10.3. The Labute approximate surface area is 117 Å². The van der Waals surface area contributed by atoms with E-state index < -0.39 is 31.6 Å². The van der Waals surface area contributed by atoms with Crippen LogP contribution in [-0.2, 0) is 14.8 Å². The Balaban J connectivity index is 3.21. The summed E-state index contributed by atoms with van der Waals surface area (Å²) in [5.41, 5.74) is 5.13. The molecule has 0 amide bonds. The maximum atomic E-state index is 12.2. The number of rotatable bonds is 7. The number of benzene rings is 1. The molecule has 0 aliphatic carbocycles. The molecule has 0 saturated carbocycles. The van der Waals surface area contributed by atoms with Crippen LogP contribution in [0.15, 0.2) is 23.1 Å². The zero-order chi connectivity index (χ0) is 15.3. The van der Waals surface area contributed by atoms with Crippen molar-refractivity contribution in [2.24, 2.45) is 0 Å². The number of nitrogens with two attached hydrogens (primary N) is 1. The third-order valence-electron chi connectivity index (χ3n) is 2.65. The molecule has 0 saturated heterocycles. The van der Waals surface area contributed by atoms with Crippen molar-refractivity contribution in [2.75, 3.05) is 19.5 Å². The summed E-state index contributed by atoms with van der Waals surface area (Å²) in [6.45, 7) is 1.95. The molecule has 0 radical (unpaired) electrons. The summed E-state index contributed by atoms with van der Waals surface area (Å²) < 4.78 is 31.7. The number of nitrogens with one attached hydrogen (secondary N) is 1. The van der Waals surface area contributed by atoms with Gasteiger partial charge in [-0.2, -0.15) is 0 Å². The molecule has 112 valence electrons. The van der Waals surface area contributed by atoms with Crippen LogP contribution >= 0.6 is 0 Å². The second-order valence-electron chi connectivity index (χ2n) is 4.17. The summed E-state index contributed by atoms with van der Waals surface area (Å²) in [5, 5.41) is 10.9. The maximum Gasteiger partial charge on any atom is 0.289 e. The molecule has 1 rings (SSSR count). The molecule has 0 aromatic heterocycles. The van der Waals surface area contributed by atoms with E-state index >= 15 is 0 Å². The zero-order valence-corrected chi connectivity index (χ0v) is 12.0. The normalized spacial score (nSPS) is 13.1. The molecule has 0 bridgehead atoms. The van der Waals surface area contributed by atoms with E-state index in [-0.39, 0.29) is 12.3 Å². The van der Waals surface area contributed by atoms with Gasteiger partial charge in [0.1, 0.15) is 0 Å². The van der Waals surface area contributed by atoms with Crippen molar-refractivity contribution >= 4 is 21.4 Å². The van der Waals surface area contributed by atoms with Gasteiger partial charge in [0.15, 0.2) is 4.90 Å². The number of hydrogen-bond donors (Lipinski definition) is 2. The Morgan fingerprint density at radius 2 is 2.15 bits per heavy atom. The molecule has 1 unspecified atom stereocenters. The standard InChI is InChI=1S/C11H17N3O5S/c1-3-9(7-19-2)13-20(17,18)11-6-8(12)4-5-10(11)14(15)16/h4-6,9,13H,3,7,12H2,1-2H3.